The first-order valence-corrected chi connectivity index (χ1v) is 5.86. The second kappa shape index (κ2) is 5.37. The van der Waals surface area contributed by atoms with E-state index in [1.54, 1.807) is 12.3 Å². The Labute approximate surface area is 95.6 Å². The molecule has 0 radical (unpaired) electrons. The Bertz CT molecular complexity index is 343. The van der Waals surface area contributed by atoms with Crippen LogP contribution < -0.4 is 5.43 Å². The minimum atomic E-state index is -0.252. The summed E-state index contributed by atoms with van der Waals surface area (Å²) in [5.74, 6) is -0.252. The van der Waals surface area contributed by atoms with Crippen LogP contribution in [0.3, 0.4) is 0 Å². The molecule has 1 atom stereocenters. The summed E-state index contributed by atoms with van der Waals surface area (Å²) in [6.07, 6.45) is 7.72. The third kappa shape index (κ3) is 2.57. The summed E-state index contributed by atoms with van der Waals surface area (Å²) in [7, 11) is 1.92. The Balaban J connectivity index is 2.21. The molecule has 0 bridgehead atoms. The number of hydrogen-bond acceptors (Lipinski definition) is 3. The highest BCUT2D eigenvalue weighted by molar-refractivity contribution is 5.15. The van der Waals surface area contributed by atoms with Crippen molar-refractivity contribution in [3.63, 3.8) is 0 Å². The van der Waals surface area contributed by atoms with E-state index in [1.807, 2.05) is 7.05 Å². The van der Waals surface area contributed by atoms with Gasteiger partial charge in [0.1, 0.15) is 5.82 Å². The minimum Gasteiger partial charge on any atom is -0.261 e. The Morgan fingerprint density at radius 3 is 3.00 bits per heavy atom. The maximum Gasteiger partial charge on any atom is 0.141 e. The number of halogens is 1. The molecule has 16 heavy (non-hydrogen) atoms. The minimum absolute atomic E-state index is 0.246. The molecule has 4 heteroatoms. The quantitative estimate of drug-likeness (QED) is 0.833. The van der Waals surface area contributed by atoms with E-state index in [-0.39, 0.29) is 11.9 Å². The molecule has 2 heterocycles. The first-order chi connectivity index (χ1) is 7.81. The van der Waals surface area contributed by atoms with Gasteiger partial charge in [-0.05, 0) is 31.5 Å². The van der Waals surface area contributed by atoms with Crippen molar-refractivity contribution in [3.05, 3.63) is 29.8 Å². The van der Waals surface area contributed by atoms with Crippen LogP contribution in [0.1, 0.15) is 37.3 Å². The Morgan fingerprint density at radius 2 is 2.25 bits per heavy atom. The fourth-order valence-corrected chi connectivity index (χ4v) is 2.33. The van der Waals surface area contributed by atoms with E-state index in [0.717, 1.165) is 18.5 Å². The number of pyridine rings is 1. The van der Waals surface area contributed by atoms with Crippen LogP contribution in [0.4, 0.5) is 4.39 Å². The number of nitrogens with one attached hydrogen (secondary N) is 1. The normalized spacial score (nSPS) is 23.0. The fraction of sp³-hybridized carbons (Fsp3) is 0.583. The lowest BCUT2D eigenvalue weighted by atomic mass is 10.0. The van der Waals surface area contributed by atoms with Crippen molar-refractivity contribution in [1.82, 2.24) is 15.4 Å². The van der Waals surface area contributed by atoms with Crippen LogP contribution in [-0.4, -0.2) is 23.6 Å². The Kier molecular flexibility index (Phi) is 3.85. The highest BCUT2D eigenvalue weighted by Gasteiger charge is 2.21. The molecule has 0 amide bonds. The molecule has 0 spiro atoms. The number of aromatic nitrogens is 1. The van der Waals surface area contributed by atoms with Crippen LogP contribution in [0, 0.1) is 5.82 Å². The van der Waals surface area contributed by atoms with Crippen molar-refractivity contribution in [3.8, 4) is 0 Å². The van der Waals surface area contributed by atoms with Gasteiger partial charge in [-0.3, -0.25) is 10.4 Å². The lowest BCUT2D eigenvalue weighted by Crippen LogP contribution is -2.38. The van der Waals surface area contributed by atoms with Crippen LogP contribution in [0.15, 0.2) is 18.5 Å². The Morgan fingerprint density at radius 1 is 1.38 bits per heavy atom. The zero-order valence-corrected chi connectivity index (χ0v) is 9.62. The smallest absolute Gasteiger partial charge is 0.141 e. The van der Waals surface area contributed by atoms with Crippen molar-refractivity contribution in [1.29, 1.82) is 0 Å². The molecular formula is C12H18FN3. The van der Waals surface area contributed by atoms with E-state index in [2.05, 4.69) is 15.4 Å². The standard InChI is InChI=1S/C12H18FN3/c1-14-16-6-4-2-3-5-12(16)10-7-11(13)9-15-8-10/h7-9,12,14H,2-6H2,1H3/t12-/m1/s1. The highest BCUT2D eigenvalue weighted by atomic mass is 19.1. The van der Waals surface area contributed by atoms with Crippen LogP contribution in [0.2, 0.25) is 0 Å². The molecule has 1 N–H and O–H groups in total. The van der Waals surface area contributed by atoms with Gasteiger partial charge in [0.05, 0.1) is 12.2 Å². The first kappa shape index (κ1) is 11.5. The maximum absolute atomic E-state index is 13.2. The third-order valence-electron chi connectivity index (χ3n) is 3.15. The summed E-state index contributed by atoms with van der Waals surface area (Å²) < 4.78 is 13.2. The van der Waals surface area contributed by atoms with Gasteiger partial charge in [-0.2, -0.15) is 0 Å². The van der Waals surface area contributed by atoms with Crippen LogP contribution in [-0.2, 0) is 0 Å². The molecule has 88 valence electrons. The van der Waals surface area contributed by atoms with Crippen molar-refractivity contribution >= 4 is 0 Å². The number of nitrogens with zero attached hydrogens (tertiary/aromatic N) is 2. The van der Waals surface area contributed by atoms with E-state index in [1.165, 1.54) is 25.5 Å². The molecule has 2 rings (SSSR count). The maximum atomic E-state index is 13.2. The molecular weight excluding hydrogens is 205 g/mol. The summed E-state index contributed by atoms with van der Waals surface area (Å²) in [6, 6.07) is 1.84. The van der Waals surface area contributed by atoms with E-state index in [4.69, 9.17) is 0 Å². The van der Waals surface area contributed by atoms with Crippen LogP contribution >= 0.6 is 0 Å². The largest absolute Gasteiger partial charge is 0.261 e. The molecule has 0 aromatic carbocycles. The summed E-state index contributed by atoms with van der Waals surface area (Å²) in [6.45, 7) is 1.01. The van der Waals surface area contributed by atoms with Gasteiger partial charge in [-0.1, -0.05) is 12.8 Å². The van der Waals surface area contributed by atoms with Crippen LogP contribution in [0.5, 0.6) is 0 Å². The SMILES string of the molecule is CNN1CCCCC[C@@H]1c1cncc(F)c1. The molecule has 0 saturated carbocycles. The van der Waals surface area contributed by atoms with Crippen molar-refractivity contribution in [2.45, 2.75) is 31.7 Å². The Hall–Kier alpha value is -1.00. The molecule has 1 saturated heterocycles. The van der Waals surface area contributed by atoms with Gasteiger partial charge in [0.2, 0.25) is 0 Å². The lowest BCUT2D eigenvalue weighted by Gasteiger charge is -2.28. The molecule has 1 fully saturated rings. The average Bonchev–Trinajstić information content (AvgIpc) is 2.53. The number of hydrogen-bond donors (Lipinski definition) is 1. The number of hydrazine groups is 1. The second-order valence-electron chi connectivity index (χ2n) is 4.22. The summed E-state index contributed by atoms with van der Waals surface area (Å²) >= 11 is 0. The van der Waals surface area contributed by atoms with Crippen molar-refractivity contribution in [2.75, 3.05) is 13.6 Å². The lowest BCUT2D eigenvalue weighted by molar-refractivity contribution is 0.142. The monoisotopic (exact) mass is 223 g/mol. The van der Waals surface area contributed by atoms with Gasteiger partial charge in [-0.25, -0.2) is 9.40 Å². The van der Waals surface area contributed by atoms with E-state index in [9.17, 15) is 4.39 Å². The van der Waals surface area contributed by atoms with Gasteiger partial charge >= 0.3 is 0 Å². The zero-order valence-electron chi connectivity index (χ0n) is 9.62. The predicted molar refractivity (Wildman–Crippen MR) is 61.2 cm³/mol. The average molecular weight is 223 g/mol. The summed E-state index contributed by atoms with van der Waals surface area (Å²) in [4.78, 5) is 3.93. The summed E-state index contributed by atoms with van der Waals surface area (Å²) in [5.41, 5.74) is 4.16. The van der Waals surface area contributed by atoms with Gasteiger partial charge in [-0.15, -0.1) is 0 Å². The van der Waals surface area contributed by atoms with Gasteiger partial charge < -0.3 is 0 Å². The molecule has 1 aromatic rings. The van der Waals surface area contributed by atoms with E-state index >= 15 is 0 Å². The molecule has 0 unspecified atom stereocenters. The zero-order chi connectivity index (χ0) is 11.4. The predicted octanol–water partition coefficient (Wildman–Crippen LogP) is 2.27. The first-order valence-electron chi connectivity index (χ1n) is 5.86. The molecule has 1 aliphatic heterocycles. The molecule has 1 aromatic heterocycles. The van der Waals surface area contributed by atoms with E-state index in [0.29, 0.717) is 0 Å². The topological polar surface area (TPSA) is 28.2 Å². The van der Waals surface area contributed by atoms with Gasteiger partial charge in [0.25, 0.3) is 0 Å². The molecule has 0 aliphatic carbocycles. The highest BCUT2D eigenvalue weighted by Crippen LogP contribution is 2.28. The second-order valence-corrected chi connectivity index (χ2v) is 4.22. The fourth-order valence-electron chi connectivity index (χ4n) is 2.33. The number of rotatable bonds is 2. The van der Waals surface area contributed by atoms with Crippen LogP contribution in [0.25, 0.3) is 0 Å². The molecule has 1 aliphatic rings. The van der Waals surface area contributed by atoms with Gasteiger partial charge in [0, 0.05) is 12.7 Å². The van der Waals surface area contributed by atoms with Crippen molar-refractivity contribution in [2.24, 2.45) is 0 Å². The van der Waals surface area contributed by atoms with Crippen molar-refractivity contribution < 1.29 is 4.39 Å². The van der Waals surface area contributed by atoms with Gasteiger partial charge in [0.15, 0.2) is 0 Å². The molecule has 3 nitrogen and oxygen atoms in total. The third-order valence-corrected chi connectivity index (χ3v) is 3.15. The summed E-state index contributed by atoms with van der Waals surface area (Å²) in [5, 5.41) is 2.18. The van der Waals surface area contributed by atoms with E-state index < -0.39 is 0 Å².